The zero-order valence-corrected chi connectivity index (χ0v) is 14.3. The number of methoxy groups -OCH3 is 1. The maximum atomic E-state index is 6.17. The van der Waals surface area contributed by atoms with Crippen LogP contribution >= 0.6 is 0 Å². The molecular formula is C18H30N2O. The standard InChI is InChI=1S/C18H30N2O/c1-13-11-20-15(14(2)16(13)21-5)10-18(12-19)8-6-17(3,4)7-9-18/h11H,6-10,12,19H2,1-5H3. The Balaban J connectivity index is 2.24. The summed E-state index contributed by atoms with van der Waals surface area (Å²) < 4.78 is 5.53. The summed E-state index contributed by atoms with van der Waals surface area (Å²) in [5.74, 6) is 0.975. The third-order valence-electron chi connectivity index (χ3n) is 5.39. The molecule has 1 aliphatic carbocycles. The summed E-state index contributed by atoms with van der Waals surface area (Å²) in [5, 5.41) is 0. The van der Waals surface area contributed by atoms with E-state index in [2.05, 4.69) is 25.8 Å². The quantitative estimate of drug-likeness (QED) is 0.917. The van der Waals surface area contributed by atoms with Gasteiger partial charge >= 0.3 is 0 Å². The number of pyridine rings is 1. The van der Waals surface area contributed by atoms with Crippen LogP contribution in [0.3, 0.4) is 0 Å². The van der Waals surface area contributed by atoms with Crippen LogP contribution in [0.15, 0.2) is 6.20 Å². The van der Waals surface area contributed by atoms with E-state index in [1.165, 1.54) is 31.2 Å². The number of hydrogen-bond acceptors (Lipinski definition) is 3. The van der Waals surface area contributed by atoms with Crippen LogP contribution in [0.2, 0.25) is 0 Å². The molecule has 2 N–H and O–H groups in total. The van der Waals surface area contributed by atoms with Crippen molar-refractivity contribution in [2.45, 2.75) is 59.8 Å². The van der Waals surface area contributed by atoms with Gasteiger partial charge in [-0.2, -0.15) is 0 Å². The maximum Gasteiger partial charge on any atom is 0.128 e. The van der Waals surface area contributed by atoms with Crippen molar-refractivity contribution in [2.24, 2.45) is 16.6 Å². The van der Waals surface area contributed by atoms with Gasteiger partial charge in [-0.15, -0.1) is 0 Å². The monoisotopic (exact) mass is 290 g/mol. The molecule has 1 saturated carbocycles. The zero-order chi connectivity index (χ0) is 15.7. The van der Waals surface area contributed by atoms with Gasteiger partial charge in [0.1, 0.15) is 5.75 Å². The van der Waals surface area contributed by atoms with Crippen molar-refractivity contribution in [3.63, 3.8) is 0 Å². The molecule has 0 radical (unpaired) electrons. The Morgan fingerprint density at radius 3 is 2.33 bits per heavy atom. The van der Waals surface area contributed by atoms with Crippen molar-refractivity contribution in [1.82, 2.24) is 4.98 Å². The van der Waals surface area contributed by atoms with Crippen LogP contribution in [0.4, 0.5) is 0 Å². The van der Waals surface area contributed by atoms with Crippen LogP contribution in [0, 0.1) is 24.7 Å². The lowest BCUT2D eigenvalue weighted by Gasteiger charge is -2.43. The van der Waals surface area contributed by atoms with E-state index in [4.69, 9.17) is 10.5 Å². The fourth-order valence-electron chi connectivity index (χ4n) is 3.51. The molecule has 0 aromatic carbocycles. The molecule has 1 aliphatic rings. The summed E-state index contributed by atoms with van der Waals surface area (Å²) >= 11 is 0. The average Bonchev–Trinajstić information content (AvgIpc) is 2.45. The Kier molecular flexibility index (Phi) is 4.62. The first-order valence-corrected chi connectivity index (χ1v) is 8.02. The van der Waals surface area contributed by atoms with Crippen molar-refractivity contribution < 1.29 is 4.74 Å². The second-order valence-electron chi connectivity index (χ2n) is 7.59. The summed E-state index contributed by atoms with van der Waals surface area (Å²) in [6.45, 7) is 9.65. The fraction of sp³-hybridized carbons (Fsp3) is 0.722. The molecule has 0 atom stereocenters. The van der Waals surface area contributed by atoms with E-state index in [0.29, 0.717) is 5.41 Å². The topological polar surface area (TPSA) is 48.1 Å². The molecular weight excluding hydrogens is 260 g/mol. The highest BCUT2D eigenvalue weighted by atomic mass is 16.5. The molecule has 1 fully saturated rings. The number of ether oxygens (including phenoxy) is 1. The number of rotatable bonds is 4. The van der Waals surface area contributed by atoms with Gasteiger partial charge in [0.25, 0.3) is 0 Å². The summed E-state index contributed by atoms with van der Waals surface area (Å²) in [6.07, 6.45) is 7.82. The minimum absolute atomic E-state index is 0.216. The highest BCUT2D eigenvalue weighted by Crippen LogP contribution is 2.46. The van der Waals surface area contributed by atoms with Crippen LogP contribution in [0.5, 0.6) is 5.75 Å². The molecule has 2 rings (SSSR count). The molecule has 1 heterocycles. The van der Waals surface area contributed by atoms with E-state index in [9.17, 15) is 0 Å². The van der Waals surface area contributed by atoms with Crippen LogP contribution in [-0.4, -0.2) is 18.6 Å². The summed E-state index contributed by atoms with van der Waals surface area (Å²) in [7, 11) is 1.74. The first kappa shape index (κ1) is 16.3. The molecule has 0 spiro atoms. The van der Waals surface area contributed by atoms with E-state index in [0.717, 1.165) is 30.0 Å². The van der Waals surface area contributed by atoms with Crippen molar-refractivity contribution in [3.8, 4) is 5.75 Å². The molecule has 0 unspecified atom stereocenters. The first-order valence-electron chi connectivity index (χ1n) is 8.02. The van der Waals surface area contributed by atoms with Gasteiger partial charge in [-0.05, 0) is 63.3 Å². The third-order valence-corrected chi connectivity index (χ3v) is 5.39. The van der Waals surface area contributed by atoms with Crippen LogP contribution in [-0.2, 0) is 6.42 Å². The molecule has 1 aromatic rings. The Hall–Kier alpha value is -1.09. The molecule has 118 valence electrons. The van der Waals surface area contributed by atoms with Gasteiger partial charge in [0.15, 0.2) is 0 Å². The number of nitrogens with two attached hydrogens (primary N) is 1. The van der Waals surface area contributed by atoms with Crippen molar-refractivity contribution in [2.75, 3.05) is 13.7 Å². The molecule has 0 amide bonds. The molecule has 3 nitrogen and oxygen atoms in total. The summed E-state index contributed by atoms with van der Waals surface area (Å²) in [5.41, 5.74) is 10.3. The molecule has 3 heteroatoms. The number of aromatic nitrogens is 1. The van der Waals surface area contributed by atoms with Crippen LogP contribution in [0.1, 0.15) is 56.4 Å². The number of aryl methyl sites for hydroxylation is 1. The zero-order valence-electron chi connectivity index (χ0n) is 14.3. The molecule has 21 heavy (non-hydrogen) atoms. The van der Waals surface area contributed by atoms with E-state index in [-0.39, 0.29) is 5.41 Å². The SMILES string of the molecule is COc1c(C)cnc(CC2(CN)CCC(C)(C)CC2)c1C. The summed E-state index contributed by atoms with van der Waals surface area (Å²) in [6, 6.07) is 0. The number of hydrogen-bond donors (Lipinski definition) is 1. The minimum atomic E-state index is 0.216. The van der Waals surface area contributed by atoms with E-state index in [1.807, 2.05) is 13.1 Å². The average molecular weight is 290 g/mol. The lowest BCUT2D eigenvalue weighted by Crippen LogP contribution is -2.39. The predicted octanol–water partition coefficient (Wildman–Crippen LogP) is 3.79. The van der Waals surface area contributed by atoms with Gasteiger partial charge < -0.3 is 10.5 Å². The fourth-order valence-corrected chi connectivity index (χ4v) is 3.51. The van der Waals surface area contributed by atoms with E-state index in [1.54, 1.807) is 7.11 Å². The third kappa shape index (κ3) is 3.39. The molecule has 0 saturated heterocycles. The lowest BCUT2D eigenvalue weighted by atomic mass is 9.63. The van der Waals surface area contributed by atoms with Crippen molar-refractivity contribution in [3.05, 3.63) is 23.0 Å². The van der Waals surface area contributed by atoms with E-state index >= 15 is 0 Å². The van der Waals surface area contributed by atoms with Gasteiger partial charge in [0.05, 0.1) is 7.11 Å². The smallest absolute Gasteiger partial charge is 0.128 e. The molecule has 1 aromatic heterocycles. The van der Waals surface area contributed by atoms with Gasteiger partial charge in [-0.25, -0.2) is 0 Å². The predicted molar refractivity (Wildman–Crippen MR) is 87.7 cm³/mol. The van der Waals surface area contributed by atoms with Crippen LogP contribution < -0.4 is 10.5 Å². The van der Waals surface area contributed by atoms with Crippen molar-refractivity contribution >= 4 is 0 Å². The highest BCUT2D eigenvalue weighted by Gasteiger charge is 2.38. The Bertz CT molecular complexity index is 498. The lowest BCUT2D eigenvalue weighted by molar-refractivity contribution is 0.107. The van der Waals surface area contributed by atoms with E-state index < -0.39 is 0 Å². The normalized spacial score (nSPS) is 20.3. The van der Waals surface area contributed by atoms with Crippen molar-refractivity contribution in [1.29, 1.82) is 0 Å². The first-order chi connectivity index (χ1) is 9.82. The maximum absolute atomic E-state index is 6.17. The van der Waals surface area contributed by atoms with Gasteiger partial charge in [-0.3, -0.25) is 4.98 Å². The minimum Gasteiger partial charge on any atom is -0.496 e. The number of nitrogens with zero attached hydrogens (tertiary/aromatic N) is 1. The largest absolute Gasteiger partial charge is 0.496 e. The molecule has 0 aliphatic heterocycles. The molecule has 0 bridgehead atoms. The highest BCUT2D eigenvalue weighted by molar-refractivity contribution is 5.41. The van der Waals surface area contributed by atoms with Gasteiger partial charge in [0.2, 0.25) is 0 Å². The Morgan fingerprint density at radius 2 is 1.81 bits per heavy atom. The Morgan fingerprint density at radius 1 is 1.19 bits per heavy atom. The summed E-state index contributed by atoms with van der Waals surface area (Å²) in [4.78, 5) is 4.67. The van der Waals surface area contributed by atoms with Crippen LogP contribution in [0.25, 0.3) is 0 Å². The van der Waals surface area contributed by atoms with Gasteiger partial charge in [-0.1, -0.05) is 13.8 Å². The second-order valence-corrected chi connectivity index (χ2v) is 7.59. The Labute approximate surface area is 129 Å². The second kappa shape index (κ2) is 5.96. The van der Waals surface area contributed by atoms with Gasteiger partial charge in [0, 0.05) is 23.0 Å².